The summed E-state index contributed by atoms with van der Waals surface area (Å²) in [6.07, 6.45) is 4.07. The number of fused-ring (bicyclic) bond motifs is 4. The third-order valence-corrected chi connectivity index (χ3v) is 7.24. The maximum atomic E-state index is 13.4. The molecule has 2 aromatic rings. The molecule has 0 amide bonds. The Morgan fingerprint density at radius 2 is 2.14 bits per heavy atom. The fourth-order valence-corrected chi connectivity index (χ4v) is 6.42. The highest BCUT2D eigenvalue weighted by Gasteiger charge is 2.62. The maximum Gasteiger partial charge on any atom is 0.319 e. The minimum atomic E-state index is -0.584. The molecule has 4 aliphatic rings. The van der Waals surface area contributed by atoms with Gasteiger partial charge in [-0.15, -0.1) is 12.4 Å². The third kappa shape index (κ3) is 2.63. The number of aromatic amines is 1. The number of halogens is 1. The van der Waals surface area contributed by atoms with Crippen LogP contribution in [0.3, 0.4) is 0 Å². The maximum absolute atomic E-state index is 13.4. The molecule has 1 unspecified atom stereocenters. The van der Waals surface area contributed by atoms with Gasteiger partial charge in [0.15, 0.2) is 0 Å². The monoisotopic (exact) mass is 404 g/mol. The van der Waals surface area contributed by atoms with Crippen LogP contribution in [0, 0.1) is 11.8 Å². The van der Waals surface area contributed by atoms with Gasteiger partial charge in [0.1, 0.15) is 5.41 Å². The van der Waals surface area contributed by atoms with Gasteiger partial charge in [-0.2, -0.15) is 0 Å². The number of nitrogens with zero attached hydrogens (tertiary/aromatic N) is 1. The second-order valence-electron chi connectivity index (χ2n) is 8.52. The number of piperidine rings is 2. The van der Waals surface area contributed by atoms with Crippen LogP contribution in [0.2, 0.25) is 0 Å². The van der Waals surface area contributed by atoms with Crippen molar-refractivity contribution in [1.29, 1.82) is 0 Å². The molecule has 3 fully saturated rings. The zero-order chi connectivity index (χ0) is 18.6. The number of hydrogen-bond acceptors (Lipinski definition) is 4. The van der Waals surface area contributed by atoms with E-state index in [1.54, 1.807) is 14.2 Å². The van der Waals surface area contributed by atoms with E-state index < -0.39 is 5.41 Å². The van der Waals surface area contributed by atoms with E-state index in [9.17, 15) is 4.79 Å². The van der Waals surface area contributed by atoms with Crippen LogP contribution in [-0.4, -0.2) is 55.8 Å². The fraction of sp³-hybridized carbons (Fsp3) is 0.591. The third-order valence-electron chi connectivity index (χ3n) is 7.24. The molecule has 5 atom stereocenters. The Balaban J connectivity index is 0.00000192. The van der Waals surface area contributed by atoms with Crippen molar-refractivity contribution in [2.24, 2.45) is 11.8 Å². The molecule has 152 valence electrons. The zero-order valence-corrected chi connectivity index (χ0v) is 17.4. The van der Waals surface area contributed by atoms with E-state index in [1.807, 2.05) is 0 Å². The van der Waals surface area contributed by atoms with Crippen LogP contribution in [0.5, 0.6) is 0 Å². The molecule has 4 heterocycles. The van der Waals surface area contributed by atoms with Gasteiger partial charge in [-0.05, 0) is 49.1 Å². The minimum Gasteiger partial charge on any atom is -0.468 e. The van der Waals surface area contributed by atoms with Crippen molar-refractivity contribution in [2.75, 3.05) is 33.9 Å². The van der Waals surface area contributed by atoms with Crippen molar-refractivity contribution in [3.63, 3.8) is 0 Å². The number of ether oxygens (including phenoxy) is 2. The van der Waals surface area contributed by atoms with Gasteiger partial charge in [0, 0.05) is 49.4 Å². The van der Waals surface area contributed by atoms with E-state index in [0.717, 1.165) is 50.2 Å². The summed E-state index contributed by atoms with van der Waals surface area (Å²) in [5.74, 6) is 0.932. The number of carbonyl (C=O) groups is 1. The lowest BCUT2D eigenvalue weighted by Gasteiger charge is -2.58. The van der Waals surface area contributed by atoms with Crippen molar-refractivity contribution in [3.8, 4) is 0 Å². The molecule has 1 aromatic carbocycles. The highest BCUT2D eigenvalue weighted by molar-refractivity contribution is 5.91. The average Bonchev–Trinajstić information content (AvgIpc) is 3.04. The number of nitrogens with one attached hydrogen (secondary N) is 1. The summed E-state index contributed by atoms with van der Waals surface area (Å²) in [5, 5.41) is 1.26. The molecule has 0 radical (unpaired) electrons. The summed E-state index contributed by atoms with van der Waals surface area (Å²) in [4.78, 5) is 19.7. The lowest BCUT2D eigenvalue weighted by Crippen LogP contribution is -2.67. The Kier molecular flexibility index (Phi) is 5.19. The molecule has 1 aliphatic carbocycles. The molecular weight excluding hydrogens is 376 g/mol. The largest absolute Gasteiger partial charge is 0.468 e. The van der Waals surface area contributed by atoms with E-state index >= 15 is 0 Å². The first-order valence-corrected chi connectivity index (χ1v) is 10.1. The molecule has 6 heteroatoms. The molecule has 1 aromatic heterocycles. The van der Waals surface area contributed by atoms with Crippen LogP contribution in [-0.2, 0) is 26.1 Å². The van der Waals surface area contributed by atoms with E-state index in [-0.39, 0.29) is 24.4 Å². The van der Waals surface area contributed by atoms with Gasteiger partial charge in [0.2, 0.25) is 0 Å². The van der Waals surface area contributed by atoms with Gasteiger partial charge in [-0.3, -0.25) is 9.69 Å². The summed E-state index contributed by atoms with van der Waals surface area (Å²) in [5.41, 5.74) is 2.99. The van der Waals surface area contributed by atoms with Crippen LogP contribution >= 0.6 is 12.4 Å². The second kappa shape index (κ2) is 7.36. The Hall–Kier alpha value is -1.56. The Bertz CT molecular complexity index is 882. The van der Waals surface area contributed by atoms with Gasteiger partial charge in [0.25, 0.3) is 0 Å². The summed E-state index contributed by atoms with van der Waals surface area (Å²) < 4.78 is 10.9. The molecule has 2 saturated heterocycles. The van der Waals surface area contributed by atoms with E-state index in [0.29, 0.717) is 11.8 Å². The molecule has 5 nitrogen and oxygen atoms in total. The molecule has 1 saturated carbocycles. The Morgan fingerprint density at radius 3 is 2.93 bits per heavy atom. The predicted molar refractivity (Wildman–Crippen MR) is 111 cm³/mol. The number of aromatic nitrogens is 1. The van der Waals surface area contributed by atoms with Crippen molar-refractivity contribution >= 4 is 29.3 Å². The van der Waals surface area contributed by atoms with Gasteiger partial charge >= 0.3 is 5.97 Å². The van der Waals surface area contributed by atoms with Crippen LogP contribution in [0.25, 0.3) is 10.9 Å². The van der Waals surface area contributed by atoms with Crippen LogP contribution in [0.15, 0.2) is 24.3 Å². The molecule has 28 heavy (non-hydrogen) atoms. The second-order valence-corrected chi connectivity index (χ2v) is 8.52. The van der Waals surface area contributed by atoms with Crippen molar-refractivity contribution < 1.29 is 14.3 Å². The summed E-state index contributed by atoms with van der Waals surface area (Å²) in [6, 6.07) is 8.65. The van der Waals surface area contributed by atoms with E-state index in [1.165, 1.54) is 17.4 Å². The summed E-state index contributed by atoms with van der Waals surface area (Å²) >= 11 is 0. The highest BCUT2D eigenvalue weighted by Crippen LogP contribution is 2.55. The normalized spacial score (nSPS) is 33.1. The lowest BCUT2D eigenvalue weighted by atomic mass is 9.56. The number of benzene rings is 1. The number of esters is 1. The number of rotatable bonds is 4. The number of hydrogen-bond donors (Lipinski definition) is 1. The topological polar surface area (TPSA) is 54.6 Å². The van der Waals surface area contributed by atoms with Crippen molar-refractivity contribution in [2.45, 2.75) is 37.1 Å². The van der Waals surface area contributed by atoms with E-state index in [4.69, 9.17) is 9.47 Å². The first kappa shape index (κ1) is 19.7. The molecular formula is C22H29ClN2O3. The minimum absolute atomic E-state index is 0. The van der Waals surface area contributed by atoms with Gasteiger partial charge in [-0.25, -0.2) is 0 Å². The molecule has 0 spiro atoms. The lowest BCUT2D eigenvalue weighted by molar-refractivity contribution is -0.162. The quantitative estimate of drug-likeness (QED) is 0.794. The zero-order valence-electron chi connectivity index (χ0n) is 16.6. The molecule has 1 N–H and O–H groups in total. The van der Waals surface area contributed by atoms with Gasteiger partial charge in [0.05, 0.1) is 7.11 Å². The van der Waals surface area contributed by atoms with Crippen molar-refractivity contribution in [3.05, 3.63) is 35.5 Å². The fourth-order valence-electron chi connectivity index (χ4n) is 6.42. The SMILES string of the molecule is COCC[C@@H]1C[C@@H]2CN3CCc4c([nH]c5ccccc45)[C@@](C(=O)OC)(C2)[C@@H]13.Cl. The summed E-state index contributed by atoms with van der Waals surface area (Å²) in [6.45, 7) is 2.87. The van der Waals surface area contributed by atoms with Gasteiger partial charge in [-0.1, -0.05) is 18.2 Å². The number of para-hydroxylation sites is 1. The number of carbonyl (C=O) groups excluding carboxylic acids is 1. The van der Waals surface area contributed by atoms with Crippen molar-refractivity contribution in [1.82, 2.24) is 9.88 Å². The van der Waals surface area contributed by atoms with Gasteiger partial charge < -0.3 is 14.5 Å². The molecule has 4 bridgehead atoms. The molecule has 6 rings (SSSR count). The van der Waals surface area contributed by atoms with Crippen LogP contribution in [0.1, 0.15) is 30.5 Å². The molecule has 3 aliphatic heterocycles. The average molecular weight is 405 g/mol. The summed E-state index contributed by atoms with van der Waals surface area (Å²) in [7, 11) is 3.31. The first-order valence-electron chi connectivity index (χ1n) is 10.1. The number of methoxy groups -OCH3 is 2. The number of H-pyrrole nitrogens is 1. The van der Waals surface area contributed by atoms with Crippen LogP contribution in [0.4, 0.5) is 0 Å². The highest BCUT2D eigenvalue weighted by atomic mass is 35.5. The standard InChI is InChI=1S/C22H28N2O3.ClH/c1-26-10-8-15-11-14-12-22(21(25)27-2)19-17(7-9-24(13-14)20(15)22)16-5-3-4-6-18(16)23-19;/h3-6,14-15,20,23H,7-13H2,1-2H3;1H/t14-,15+,20+,22-;/m0./s1. The smallest absolute Gasteiger partial charge is 0.319 e. The van der Waals surface area contributed by atoms with E-state index in [2.05, 4.69) is 34.1 Å². The first-order chi connectivity index (χ1) is 13.2. The Morgan fingerprint density at radius 1 is 1.32 bits per heavy atom. The van der Waals surface area contributed by atoms with Crippen LogP contribution < -0.4 is 0 Å². The Labute approximate surface area is 172 Å². The predicted octanol–water partition coefficient (Wildman–Crippen LogP) is 3.30.